The van der Waals surface area contributed by atoms with Crippen LogP contribution >= 0.6 is 0 Å². The summed E-state index contributed by atoms with van der Waals surface area (Å²) >= 11 is 0. The van der Waals surface area contributed by atoms with Gasteiger partial charge in [-0.3, -0.25) is 14.5 Å². The van der Waals surface area contributed by atoms with Crippen LogP contribution in [0.5, 0.6) is 0 Å². The van der Waals surface area contributed by atoms with Crippen molar-refractivity contribution in [1.82, 2.24) is 4.90 Å². The van der Waals surface area contributed by atoms with Crippen LogP contribution in [0.3, 0.4) is 0 Å². The number of rotatable bonds is 10. The minimum absolute atomic E-state index is 0.204. The van der Waals surface area contributed by atoms with Gasteiger partial charge in [0.25, 0.3) is 0 Å². The van der Waals surface area contributed by atoms with E-state index in [0.29, 0.717) is 26.2 Å². The lowest BCUT2D eigenvalue weighted by molar-refractivity contribution is -0.149. The molecule has 0 radical (unpaired) electrons. The van der Waals surface area contributed by atoms with Crippen LogP contribution < -0.4 is 0 Å². The van der Waals surface area contributed by atoms with Crippen LogP contribution in [0.15, 0.2) is 0 Å². The fraction of sp³-hybridized carbons (Fsp3) is 0.867. The smallest absolute Gasteiger partial charge is 0.324 e. The Morgan fingerprint density at radius 3 is 2.50 bits per heavy atom. The summed E-state index contributed by atoms with van der Waals surface area (Å²) in [6.07, 6.45) is 5.01. The van der Waals surface area contributed by atoms with Crippen molar-refractivity contribution in [3.05, 3.63) is 0 Å². The average molecular weight is 285 g/mol. The number of carbonyl (C=O) groups excluding carboxylic acids is 2. The van der Waals surface area contributed by atoms with Crippen LogP contribution in [0.4, 0.5) is 0 Å². The monoisotopic (exact) mass is 285 g/mol. The summed E-state index contributed by atoms with van der Waals surface area (Å²) in [6, 6.07) is -0.567. The molecule has 1 rings (SSSR count). The van der Waals surface area contributed by atoms with Gasteiger partial charge in [0, 0.05) is 6.54 Å². The molecular weight excluding hydrogens is 258 g/mol. The zero-order valence-corrected chi connectivity index (χ0v) is 12.9. The summed E-state index contributed by atoms with van der Waals surface area (Å²) in [4.78, 5) is 25.4. The molecule has 20 heavy (non-hydrogen) atoms. The van der Waals surface area contributed by atoms with E-state index in [1.54, 1.807) is 6.92 Å². The van der Waals surface area contributed by atoms with Crippen LogP contribution in [0, 0.1) is 0 Å². The second kappa shape index (κ2) is 8.95. The summed E-state index contributed by atoms with van der Waals surface area (Å²) < 4.78 is 10.3. The van der Waals surface area contributed by atoms with E-state index in [1.807, 2.05) is 11.8 Å². The lowest BCUT2D eigenvalue weighted by Gasteiger charge is -2.15. The van der Waals surface area contributed by atoms with E-state index < -0.39 is 0 Å². The van der Waals surface area contributed by atoms with Crippen LogP contribution in [-0.2, 0) is 19.1 Å². The molecule has 116 valence electrons. The number of unbranched alkanes of at least 4 members (excludes halogenated alkanes) is 3. The van der Waals surface area contributed by atoms with Crippen LogP contribution in [0.1, 0.15) is 52.9 Å². The van der Waals surface area contributed by atoms with E-state index in [-0.39, 0.29) is 24.0 Å². The first-order valence-electron chi connectivity index (χ1n) is 7.74. The fourth-order valence-electron chi connectivity index (χ4n) is 2.28. The third-order valence-corrected chi connectivity index (χ3v) is 3.51. The summed E-state index contributed by atoms with van der Waals surface area (Å²) in [5, 5.41) is 0. The molecule has 0 aliphatic carbocycles. The van der Waals surface area contributed by atoms with Crippen LogP contribution in [0.2, 0.25) is 0 Å². The van der Waals surface area contributed by atoms with E-state index in [1.165, 1.54) is 12.8 Å². The Morgan fingerprint density at radius 2 is 1.90 bits per heavy atom. The Balaban J connectivity index is 2.26. The van der Waals surface area contributed by atoms with Gasteiger partial charge in [-0.25, -0.2) is 0 Å². The number of hydrogen-bond donors (Lipinski definition) is 0. The second-order valence-corrected chi connectivity index (χ2v) is 5.12. The van der Waals surface area contributed by atoms with Crippen LogP contribution in [-0.4, -0.2) is 48.7 Å². The van der Waals surface area contributed by atoms with Gasteiger partial charge < -0.3 is 9.47 Å². The molecule has 0 bridgehead atoms. The van der Waals surface area contributed by atoms with Crippen LogP contribution in [0.25, 0.3) is 0 Å². The fourth-order valence-corrected chi connectivity index (χ4v) is 2.28. The molecule has 0 saturated carbocycles. The molecule has 1 saturated heterocycles. The molecule has 1 heterocycles. The number of esters is 2. The summed E-state index contributed by atoms with van der Waals surface area (Å²) in [6.45, 7) is 7.32. The molecule has 0 aromatic heterocycles. The maximum atomic E-state index is 11.8. The number of nitrogens with zero attached hydrogens (tertiary/aromatic N) is 1. The standard InChI is InChI=1S/C15H27NO4/c1-4-7-8-9-10-20-15(18)13-11-16(13)12(5-2)14(17)19-6-3/h12-13H,4-11H2,1-3H3/t12-,13-,16?/m0/s1. The van der Waals surface area contributed by atoms with Crippen molar-refractivity contribution in [2.24, 2.45) is 0 Å². The lowest BCUT2D eigenvalue weighted by atomic mass is 10.2. The largest absolute Gasteiger partial charge is 0.465 e. The predicted octanol–water partition coefficient (Wildman–Crippen LogP) is 2.14. The topological polar surface area (TPSA) is 55.6 Å². The zero-order valence-electron chi connectivity index (χ0n) is 12.9. The molecule has 0 spiro atoms. The van der Waals surface area contributed by atoms with E-state index in [4.69, 9.17) is 9.47 Å². The van der Waals surface area contributed by atoms with E-state index in [0.717, 1.165) is 12.8 Å². The SMILES string of the molecule is CCCCCCOC(=O)[C@@H]1CN1[C@@H](CC)C(=O)OCC. The highest BCUT2D eigenvalue weighted by atomic mass is 16.5. The van der Waals surface area contributed by atoms with E-state index in [9.17, 15) is 9.59 Å². The number of hydrogen-bond acceptors (Lipinski definition) is 5. The molecular formula is C15H27NO4. The molecule has 3 atom stereocenters. The minimum atomic E-state index is -0.312. The van der Waals surface area contributed by atoms with Crippen molar-refractivity contribution in [2.75, 3.05) is 19.8 Å². The summed E-state index contributed by atoms with van der Waals surface area (Å²) in [5.74, 6) is -0.447. The zero-order chi connectivity index (χ0) is 15.0. The molecule has 1 aliphatic rings. The molecule has 1 aliphatic heterocycles. The van der Waals surface area contributed by atoms with Crippen molar-refractivity contribution in [2.45, 2.75) is 65.0 Å². The number of ether oxygens (including phenoxy) is 2. The molecule has 1 fully saturated rings. The normalized spacial score (nSPS) is 22.1. The highest BCUT2D eigenvalue weighted by Gasteiger charge is 2.48. The van der Waals surface area contributed by atoms with E-state index in [2.05, 4.69) is 6.92 Å². The quantitative estimate of drug-likeness (QED) is 0.350. The first-order chi connectivity index (χ1) is 9.65. The third-order valence-electron chi connectivity index (χ3n) is 3.51. The van der Waals surface area contributed by atoms with E-state index >= 15 is 0 Å². The van der Waals surface area contributed by atoms with Gasteiger partial charge in [-0.15, -0.1) is 0 Å². The maximum absolute atomic E-state index is 11.8. The second-order valence-electron chi connectivity index (χ2n) is 5.12. The van der Waals surface area contributed by atoms with Gasteiger partial charge >= 0.3 is 11.9 Å². The van der Waals surface area contributed by atoms with Crippen molar-refractivity contribution in [3.63, 3.8) is 0 Å². The van der Waals surface area contributed by atoms with Gasteiger partial charge in [-0.05, 0) is 19.8 Å². The number of carbonyl (C=O) groups is 2. The van der Waals surface area contributed by atoms with Gasteiger partial charge in [0.1, 0.15) is 12.1 Å². The Hall–Kier alpha value is -1.10. The van der Waals surface area contributed by atoms with Crippen molar-refractivity contribution < 1.29 is 19.1 Å². The van der Waals surface area contributed by atoms with Crippen molar-refractivity contribution in [1.29, 1.82) is 0 Å². The van der Waals surface area contributed by atoms with Crippen molar-refractivity contribution >= 4 is 11.9 Å². The maximum Gasteiger partial charge on any atom is 0.324 e. The summed E-state index contributed by atoms with van der Waals surface area (Å²) in [7, 11) is 0. The van der Waals surface area contributed by atoms with Gasteiger partial charge in [0.15, 0.2) is 0 Å². The molecule has 0 aromatic carbocycles. The Bertz CT molecular complexity index is 319. The summed E-state index contributed by atoms with van der Waals surface area (Å²) in [5.41, 5.74) is 0. The lowest BCUT2D eigenvalue weighted by Crippen LogP contribution is -2.33. The van der Waals surface area contributed by atoms with Crippen molar-refractivity contribution in [3.8, 4) is 0 Å². The van der Waals surface area contributed by atoms with Gasteiger partial charge in [0.05, 0.1) is 13.2 Å². The molecule has 0 N–H and O–H groups in total. The first-order valence-corrected chi connectivity index (χ1v) is 7.74. The van der Waals surface area contributed by atoms with Gasteiger partial charge in [-0.2, -0.15) is 0 Å². The first kappa shape index (κ1) is 17.0. The highest BCUT2D eigenvalue weighted by molar-refractivity contribution is 5.83. The predicted molar refractivity (Wildman–Crippen MR) is 76.3 cm³/mol. The van der Waals surface area contributed by atoms with Gasteiger partial charge in [-0.1, -0.05) is 33.1 Å². The average Bonchev–Trinajstić information content (AvgIpc) is 3.20. The molecule has 5 heteroatoms. The Labute approximate surface area is 121 Å². The third kappa shape index (κ3) is 5.12. The minimum Gasteiger partial charge on any atom is -0.465 e. The Morgan fingerprint density at radius 1 is 1.15 bits per heavy atom. The molecule has 0 aromatic rings. The Kier molecular flexibility index (Phi) is 7.59. The molecule has 5 nitrogen and oxygen atoms in total. The molecule has 0 amide bonds. The highest BCUT2D eigenvalue weighted by Crippen LogP contribution is 2.25. The molecule has 1 unspecified atom stereocenters. The van der Waals surface area contributed by atoms with Gasteiger partial charge in [0.2, 0.25) is 0 Å².